The predicted molar refractivity (Wildman–Crippen MR) is 89.5 cm³/mol. The Bertz CT molecular complexity index is 616. The monoisotopic (exact) mass is 334 g/mol. The molecule has 1 saturated heterocycles. The Morgan fingerprint density at radius 1 is 1.15 bits per heavy atom. The largest absolute Gasteiger partial charge is 0.357 e. The molecule has 3 rings (SSSR count). The quantitative estimate of drug-likeness (QED) is 0.777. The Balaban J connectivity index is 2.05. The van der Waals surface area contributed by atoms with Gasteiger partial charge in [-0.1, -0.05) is 26.8 Å². The third-order valence-electron chi connectivity index (χ3n) is 4.38. The van der Waals surface area contributed by atoms with E-state index in [1.54, 1.807) is 0 Å². The van der Waals surface area contributed by atoms with Crippen LogP contribution in [0, 0.1) is 0 Å². The summed E-state index contributed by atoms with van der Waals surface area (Å²) >= 11 is 3.84. The second kappa shape index (κ2) is 5.19. The number of nitrogens with one attached hydrogen (secondary N) is 2. The summed E-state index contributed by atoms with van der Waals surface area (Å²) in [4.78, 5) is 3.64. The molecule has 0 amide bonds. The second-order valence-electron chi connectivity index (χ2n) is 6.89. The normalized spacial score (nSPS) is 17.8. The SMILES string of the molecule is CC(C)(C)c1ccc2[nH]c(C3CCNCC3)c(Br)c2c1. The number of fused-ring (bicyclic) bond motifs is 1. The van der Waals surface area contributed by atoms with Crippen LogP contribution in [-0.2, 0) is 5.41 Å². The smallest absolute Gasteiger partial charge is 0.0468 e. The lowest BCUT2D eigenvalue weighted by Crippen LogP contribution is -2.26. The molecule has 108 valence electrons. The van der Waals surface area contributed by atoms with Crippen molar-refractivity contribution in [2.24, 2.45) is 0 Å². The molecule has 0 spiro atoms. The maximum absolute atomic E-state index is 3.84. The van der Waals surface area contributed by atoms with Crippen molar-refractivity contribution >= 4 is 26.8 Å². The van der Waals surface area contributed by atoms with Crippen LogP contribution in [0.2, 0.25) is 0 Å². The zero-order valence-electron chi connectivity index (χ0n) is 12.5. The number of halogens is 1. The third kappa shape index (κ3) is 2.53. The molecular formula is C17H23BrN2. The molecule has 20 heavy (non-hydrogen) atoms. The van der Waals surface area contributed by atoms with Crippen molar-refractivity contribution in [2.75, 3.05) is 13.1 Å². The molecule has 2 aromatic rings. The van der Waals surface area contributed by atoms with Gasteiger partial charge in [0.25, 0.3) is 0 Å². The van der Waals surface area contributed by atoms with Gasteiger partial charge in [0.1, 0.15) is 0 Å². The molecule has 0 radical (unpaired) electrons. The van der Waals surface area contributed by atoms with Crippen molar-refractivity contribution in [1.29, 1.82) is 0 Å². The number of hydrogen-bond donors (Lipinski definition) is 2. The fraction of sp³-hybridized carbons (Fsp3) is 0.529. The van der Waals surface area contributed by atoms with Crippen LogP contribution in [0.5, 0.6) is 0 Å². The van der Waals surface area contributed by atoms with Gasteiger partial charge in [-0.25, -0.2) is 0 Å². The highest BCUT2D eigenvalue weighted by molar-refractivity contribution is 9.10. The summed E-state index contributed by atoms with van der Waals surface area (Å²) in [6, 6.07) is 6.81. The Morgan fingerprint density at radius 2 is 1.85 bits per heavy atom. The minimum absolute atomic E-state index is 0.194. The summed E-state index contributed by atoms with van der Waals surface area (Å²) in [6.45, 7) is 9.05. The van der Waals surface area contributed by atoms with E-state index in [1.807, 2.05) is 0 Å². The average Bonchev–Trinajstić information content (AvgIpc) is 2.76. The third-order valence-corrected chi connectivity index (χ3v) is 5.23. The van der Waals surface area contributed by atoms with Crippen LogP contribution in [0.25, 0.3) is 10.9 Å². The minimum atomic E-state index is 0.194. The number of H-pyrrole nitrogens is 1. The lowest BCUT2D eigenvalue weighted by atomic mass is 9.86. The maximum Gasteiger partial charge on any atom is 0.0468 e. The average molecular weight is 335 g/mol. The summed E-state index contributed by atoms with van der Waals surface area (Å²) < 4.78 is 1.27. The van der Waals surface area contributed by atoms with Gasteiger partial charge in [0.2, 0.25) is 0 Å². The molecule has 0 aliphatic carbocycles. The Hall–Kier alpha value is -0.800. The van der Waals surface area contributed by atoms with E-state index in [4.69, 9.17) is 0 Å². The first kappa shape index (κ1) is 14.2. The highest BCUT2D eigenvalue weighted by Gasteiger charge is 2.22. The van der Waals surface area contributed by atoms with E-state index in [9.17, 15) is 0 Å². The summed E-state index contributed by atoms with van der Waals surface area (Å²) in [7, 11) is 0. The van der Waals surface area contributed by atoms with Crippen LogP contribution >= 0.6 is 15.9 Å². The number of piperidine rings is 1. The molecule has 1 aromatic heterocycles. The molecular weight excluding hydrogens is 312 g/mol. The zero-order chi connectivity index (χ0) is 14.3. The molecule has 1 aromatic carbocycles. The maximum atomic E-state index is 3.84. The van der Waals surface area contributed by atoms with Crippen LogP contribution < -0.4 is 5.32 Å². The number of rotatable bonds is 1. The number of aromatic amines is 1. The molecule has 0 atom stereocenters. The van der Waals surface area contributed by atoms with E-state index in [1.165, 1.54) is 39.5 Å². The van der Waals surface area contributed by atoms with Gasteiger partial charge in [-0.3, -0.25) is 0 Å². The topological polar surface area (TPSA) is 27.8 Å². The minimum Gasteiger partial charge on any atom is -0.357 e. The van der Waals surface area contributed by atoms with Gasteiger partial charge < -0.3 is 10.3 Å². The number of aromatic nitrogens is 1. The van der Waals surface area contributed by atoms with Crippen LogP contribution in [-0.4, -0.2) is 18.1 Å². The second-order valence-corrected chi connectivity index (χ2v) is 7.68. The van der Waals surface area contributed by atoms with Gasteiger partial charge in [-0.05, 0) is 65.0 Å². The van der Waals surface area contributed by atoms with Gasteiger partial charge >= 0.3 is 0 Å². The highest BCUT2D eigenvalue weighted by atomic mass is 79.9. The van der Waals surface area contributed by atoms with Crippen molar-refractivity contribution in [2.45, 2.75) is 44.9 Å². The molecule has 1 aliphatic heterocycles. The lowest BCUT2D eigenvalue weighted by Gasteiger charge is -2.22. The van der Waals surface area contributed by atoms with E-state index in [2.05, 4.69) is 65.2 Å². The van der Waals surface area contributed by atoms with E-state index in [0.29, 0.717) is 5.92 Å². The summed E-state index contributed by atoms with van der Waals surface area (Å²) in [6.07, 6.45) is 2.44. The van der Waals surface area contributed by atoms with Crippen molar-refractivity contribution in [3.63, 3.8) is 0 Å². The van der Waals surface area contributed by atoms with E-state index in [-0.39, 0.29) is 5.41 Å². The number of benzene rings is 1. The number of hydrogen-bond acceptors (Lipinski definition) is 1. The summed E-state index contributed by atoms with van der Waals surface area (Å²) in [5, 5.41) is 4.76. The van der Waals surface area contributed by atoms with Crippen LogP contribution in [0.1, 0.15) is 50.8 Å². The van der Waals surface area contributed by atoms with Gasteiger partial charge in [0.05, 0.1) is 0 Å². The van der Waals surface area contributed by atoms with E-state index >= 15 is 0 Å². The lowest BCUT2D eigenvalue weighted by molar-refractivity contribution is 0.454. The van der Waals surface area contributed by atoms with Gasteiger partial charge in [0, 0.05) is 27.0 Å². The molecule has 1 aliphatic rings. The summed E-state index contributed by atoms with van der Waals surface area (Å²) in [5.74, 6) is 0.649. The summed E-state index contributed by atoms with van der Waals surface area (Å²) in [5.41, 5.74) is 4.22. The molecule has 0 bridgehead atoms. The Morgan fingerprint density at radius 3 is 2.50 bits per heavy atom. The van der Waals surface area contributed by atoms with Crippen molar-refractivity contribution in [3.8, 4) is 0 Å². The van der Waals surface area contributed by atoms with Gasteiger partial charge in [-0.15, -0.1) is 0 Å². The first-order valence-electron chi connectivity index (χ1n) is 7.49. The molecule has 2 nitrogen and oxygen atoms in total. The molecule has 3 heteroatoms. The molecule has 2 heterocycles. The van der Waals surface area contributed by atoms with Gasteiger partial charge in [0.15, 0.2) is 0 Å². The van der Waals surface area contributed by atoms with Crippen LogP contribution in [0.3, 0.4) is 0 Å². The van der Waals surface area contributed by atoms with Crippen LogP contribution in [0.15, 0.2) is 22.7 Å². The first-order chi connectivity index (χ1) is 9.47. The predicted octanol–water partition coefficient (Wildman–Crippen LogP) is 4.69. The van der Waals surface area contributed by atoms with Crippen molar-refractivity contribution < 1.29 is 0 Å². The highest BCUT2D eigenvalue weighted by Crippen LogP contribution is 2.37. The fourth-order valence-electron chi connectivity index (χ4n) is 3.04. The van der Waals surface area contributed by atoms with E-state index < -0.39 is 0 Å². The fourth-order valence-corrected chi connectivity index (χ4v) is 3.79. The van der Waals surface area contributed by atoms with Crippen molar-refractivity contribution in [1.82, 2.24) is 10.3 Å². The molecule has 0 saturated carbocycles. The van der Waals surface area contributed by atoms with Crippen LogP contribution in [0.4, 0.5) is 0 Å². The molecule has 2 N–H and O–H groups in total. The Labute approximate surface area is 129 Å². The molecule has 1 fully saturated rings. The van der Waals surface area contributed by atoms with Crippen molar-refractivity contribution in [3.05, 3.63) is 33.9 Å². The molecule has 0 unspecified atom stereocenters. The Kier molecular flexibility index (Phi) is 3.67. The first-order valence-corrected chi connectivity index (χ1v) is 8.28. The zero-order valence-corrected chi connectivity index (χ0v) is 14.1. The van der Waals surface area contributed by atoms with Gasteiger partial charge in [-0.2, -0.15) is 0 Å². The van der Waals surface area contributed by atoms with E-state index in [0.717, 1.165) is 13.1 Å². The standard InChI is InChI=1S/C17H23BrN2/c1-17(2,3)12-4-5-14-13(10-12)15(18)16(20-14)11-6-8-19-9-7-11/h4-5,10-11,19-20H,6-9H2,1-3H3.